The molecule has 80 valence electrons. The molecule has 3 heteroatoms. The zero-order valence-corrected chi connectivity index (χ0v) is 9.83. The summed E-state index contributed by atoms with van der Waals surface area (Å²) in [6.45, 7) is 4.30. The van der Waals surface area contributed by atoms with Gasteiger partial charge in [-0.25, -0.2) is 0 Å². The van der Waals surface area contributed by atoms with E-state index in [0.29, 0.717) is 0 Å². The quantitative estimate of drug-likeness (QED) is 0.664. The highest BCUT2D eigenvalue weighted by molar-refractivity contribution is 7.80. The fourth-order valence-corrected chi connectivity index (χ4v) is 2.09. The summed E-state index contributed by atoms with van der Waals surface area (Å²) in [6.07, 6.45) is 0. The standard InChI is InChI=1S/C12H16N2S/c1-13-7-9-14(10-8-13)12(15)11-5-3-2-4-6-11/h2-6H,7-10H2,1H3. The highest BCUT2D eigenvalue weighted by atomic mass is 32.1. The number of nitrogens with zero attached hydrogens (tertiary/aromatic N) is 2. The van der Waals surface area contributed by atoms with Crippen molar-refractivity contribution in [1.29, 1.82) is 0 Å². The molecule has 0 saturated carbocycles. The Hall–Kier alpha value is -0.930. The van der Waals surface area contributed by atoms with Gasteiger partial charge in [0, 0.05) is 31.7 Å². The molecular formula is C12H16N2S. The second-order valence-electron chi connectivity index (χ2n) is 3.96. The third-order valence-electron chi connectivity index (χ3n) is 2.81. The van der Waals surface area contributed by atoms with Crippen LogP contribution in [-0.2, 0) is 0 Å². The first-order valence-corrected chi connectivity index (χ1v) is 5.71. The van der Waals surface area contributed by atoms with Gasteiger partial charge < -0.3 is 9.80 Å². The van der Waals surface area contributed by atoms with Gasteiger partial charge >= 0.3 is 0 Å². The van der Waals surface area contributed by atoms with Crippen molar-refractivity contribution in [3.63, 3.8) is 0 Å². The predicted molar refractivity (Wildman–Crippen MR) is 67.2 cm³/mol. The maximum atomic E-state index is 5.49. The van der Waals surface area contributed by atoms with Crippen LogP contribution in [0.1, 0.15) is 5.56 Å². The van der Waals surface area contributed by atoms with E-state index in [-0.39, 0.29) is 0 Å². The number of likely N-dealkylation sites (N-methyl/N-ethyl adjacent to an activating group) is 1. The van der Waals surface area contributed by atoms with E-state index in [1.165, 1.54) is 0 Å². The number of rotatable bonds is 1. The Morgan fingerprint density at radius 3 is 2.27 bits per heavy atom. The van der Waals surface area contributed by atoms with Crippen molar-refractivity contribution in [3.05, 3.63) is 35.9 Å². The van der Waals surface area contributed by atoms with Gasteiger partial charge in [0.1, 0.15) is 4.99 Å². The van der Waals surface area contributed by atoms with Crippen LogP contribution in [0.25, 0.3) is 0 Å². The number of piperazine rings is 1. The molecule has 1 aliphatic heterocycles. The summed E-state index contributed by atoms with van der Waals surface area (Å²) < 4.78 is 0. The van der Waals surface area contributed by atoms with Crippen molar-refractivity contribution >= 4 is 17.2 Å². The molecule has 1 aromatic rings. The lowest BCUT2D eigenvalue weighted by molar-refractivity contribution is 0.218. The van der Waals surface area contributed by atoms with E-state index >= 15 is 0 Å². The highest BCUT2D eigenvalue weighted by Gasteiger charge is 2.16. The van der Waals surface area contributed by atoms with Crippen LogP contribution in [0.15, 0.2) is 30.3 Å². The van der Waals surface area contributed by atoms with E-state index in [4.69, 9.17) is 12.2 Å². The minimum absolute atomic E-state index is 0.990. The van der Waals surface area contributed by atoms with Crippen molar-refractivity contribution in [2.45, 2.75) is 0 Å². The molecule has 1 fully saturated rings. The van der Waals surface area contributed by atoms with E-state index in [1.54, 1.807) is 0 Å². The molecule has 0 aliphatic carbocycles. The third-order valence-corrected chi connectivity index (χ3v) is 3.31. The van der Waals surface area contributed by atoms with Crippen molar-refractivity contribution in [2.24, 2.45) is 0 Å². The van der Waals surface area contributed by atoms with E-state index in [1.807, 2.05) is 18.2 Å². The average molecular weight is 220 g/mol. The van der Waals surface area contributed by atoms with E-state index in [9.17, 15) is 0 Å². The minimum atomic E-state index is 0.990. The summed E-state index contributed by atoms with van der Waals surface area (Å²) in [6, 6.07) is 10.3. The first-order chi connectivity index (χ1) is 7.27. The Bertz CT molecular complexity index is 329. The summed E-state index contributed by atoms with van der Waals surface area (Å²) in [5.74, 6) is 0. The van der Waals surface area contributed by atoms with Crippen LogP contribution in [0.3, 0.4) is 0 Å². The Kier molecular flexibility index (Phi) is 3.34. The van der Waals surface area contributed by atoms with Gasteiger partial charge in [-0.2, -0.15) is 0 Å². The van der Waals surface area contributed by atoms with Crippen LogP contribution in [0, 0.1) is 0 Å². The third kappa shape index (κ3) is 2.55. The van der Waals surface area contributed by atoms with Gasteiger partial charge in [0.25, 0.3) is 0 Å². The summed E-state index contributed by atoms with van der Waals surface area (Å²) in [5.41, 5.74) is 1.16. The molecule has 0 radical (unpaired) electrons. The summed E-state index contributed by atoms with van der Waals surface area (Å²) in [7, 11) is 2.16. The maximum Gasteiger partial charge on any atom is 0.109 e. The van der Waals surface area contributed by atoms with Crippen LogP contribution in [-0.4, -0.2) is 48.0 Å². The number of hydrogen-bond acceptors (Lipinski definition) is 2. The lowest BCUT2D eigenvalue weighted by Gasteiger charge is -2.34. The molecule has 1 heterocycles. The van der Waals surface area contributed by atoms with Crippen LogP contribution >= 0.6 is 12.2 Å². The Morgan fingerprint density at radius 1 is 1.07 bits per heavy atom. The lowest BCUT2D eigenvalue weighted by Crippen LogP contribution is -2.46. The monoisotopic (exact) mass is 220 g/mol. The van der Waals surface area contributed by atoms with Gasteiger partial charge in [-0.1, -0.05) is 42.5 Å². The fraction of sp³-hybridized carbons (Fsp3) is 0.417. The van der Waals surface area contributed by atoms with Gasteiger partial charge in [-0.05, 0) is 7.05 Å². The van der Waals surface area contributed by atoms with Crippen LogP contribution in [0.5, 0.6) is 0 Å². The zero-order chi connectivity index (χ0) is 10.7. The van der Waals surface area contributed by atoms with Gasteiger partial charge in [0.2, 0.25) is 0 Å². The first kappa shape index (κ1) is 10.6. The SMILES string of the molecule is CN1CCN(C(=S)c2ccccc2)CC1. The first-order valence-electron chi connectivity index (χ1n) is 5.30. The van der Waals surface area contributed by atoms with E-state index in [2.05, 4.69) is 29.0 Å². The van der Waals surface area contributed by atoms with Crippen molar-refractivity contribution in [1.82, 2.24) is 9.80 Å². The fourth-order valence-electron chi connectivity index (χ4n) is 1.77. The van der Waals surface area contributed by atoms with Crippen LogP contribution in [0.2, 0.25) is 0 Å². The van der Waals surface area contributed by atoms with Crippen LogP contribution < -0.4 is 0 Å². The topological polar surface area (TPSA) is 6.48 Å². The molecular weight excluding hydrogens is 204 g/mol. The Morgan fingerprint density at radius 2 is 1.67 bits per heavy atom. The van der Waals surface area contributed by atoms with E-state index in [0.717, 1.165) is 36.7 Å². The number of benzene rings is 1. The minimum Gasteiger partial charge on any atom is -0.360 e. The maximum absolute atomic E-state index is 5.49. The Labute approximate surface area is 96.5 Å². The van der Waals surface area contributed by atoms with Crippen molar-refractivity contribution < 1.29 is 0 Å². The smallest absolute Gasteiger partial charge is 0.109 e. The molecule has 2 rings (SSSR count). The highest BCUT2D eigenvalue weighted by Crippen LogP contribution is 2.08. The van der Waals surface area contributed by atoms with Gasteiger partial charge in [-0.3, -0.25) is 0 Å². The van der Waals surface area contributed by atoms with Crippen molar-refractivity contribution in [2.75, 3.05) is 33.2 Å². The molecule has 0 amide bonds. The van der Waals surface area contributed by atoms with Gasteiger partial charge in [0.05, 0.1) is 0 Å². The molecule has 0 atom stereocenters. The molecule has 1 saturated heterocycles. The number of thiocarbonyl (C=S) groups is 1. The van der Waals surface area contributed by atoms with Gasteiger partial charge in [-0.15, -0.1) is 0 Å². The largest absolute Gasteiger partial charge is 0.360 e. The summed E-state index contributed by atoms with van der Waals surface area (Å²) in [5, 5.41) is 0. The molecule has 0 unspecified atom stereocenters. The molecule has 0 bridgehead atoms. The zero-order valence-electron chi connectivity index (χ0n) is 9.02. The van der Waals surface area contributed by atoms with Crippen molar-refractivity contribution in [3.8, 4) is 0 Å². The molecule has 0 spiro atoms. The Balaban J connectivity index is 2.03. The second kappa shape index (κ2) is 4.73. The molecule has 0 N–H and O–H groups in total. The van der Waals surface area contributed by atoms with E-state index < -0.39 is 0 Å². The van der Waals surface area contributed by atoms with Crippen LogP contribution in [0.4, 0.5) is 0 Å². The lowest BCUT2D eigenvalue weighted by atomic mass is 10.2. The summed E-state index contributed by atoms with van der Waals surface area (Å²) >= 11 is 5.49. The molecule has 2 nitrogen and oxygen atoms in total. The molecule has 15 heavy (non-hydrogen) atoms. The normalized spacial score (nSPS) is 17.8. The second-order valence-corrected chi connectivity index (χ2v) is 4.35. The molecule has 1 aliphatic rings. The summed E-state index contributed by atoms with van der Waals surface area (Å²) in [4.78, 5) is 5.62. The molecule has 0 aromatic heterocycles. The number of hydrogen-bond donors (Lipinski definition) is 0. The molecule has 1 aromatic carbocycles. The predicted octanol–water partition coefficient (Wildman–Crippen LogP) is 1.61. The van der Waals surface area contributed by atoms with Gasteiger partial charge in [0.15, 0.2) is 0 Å². The average Bonchev–Trinajstić information content (AvgIpc) is 2.30.